The Morgan fingerprint density at radius 3 is 1.86 bits per heavy atom. The van der Waals surface area contributed by atoms with Gasteiger partial charge in [0.05, 0.1) is 0 Å². The Labute approximate surface area is 172 Å². The van der Waals surface area contributed by atoms with E-state index >= 15 is 0 Å². The minimum atomic E-state index is -0.166. The van der Waals surface area contributed by atoms with Gasteiger partial charge >= 0.3 is 0 Å². The number of hydrogen-bond acceptors (Lipinski definition) is 2. The predicted octanol–water partition coefficient (Wildman–Crippen LogP) is 6.34. The first-order chi connectivity index (χ1) is 14.2. The average Bonchev–Trinajstić information content (AvgIpc) is 2.80. The Kier molecular flexibility index (Phi) is 6.00. The molecule has 2 nitrogen and oxygen atoms in total. The van der Waals surface area contributed by atoms with Gasteiger partial charge in [-0.1, -0.05) is 97.4 Å². The van der Waals surface area contributed by atoms with E-state index in [1.54, 1.807) is 0 Å². The number of carbonyl (C=O) groups excluding carboxylic acids is 2. The van der Waals surface area contributed by atoms with Gasteiger partial charge in [-0.3, -0.25) is 9.59 Å². The quantitative estimate of drug-likeness (QED) is 0.466. The van der Waals surface area contributed by atoms with Gasteiger partial charge in [-0.05, 0) is 30.2 Å². The number of benzene rings is 3. The van der Waals surface area contributed by atoms with Crippen LogP contribution in [-0.4, -0.2) is 11.6 Å². The first-order valence-electron chi connectivity index (χ1n) is 10.5. The molecule has 1 aliphatic carbocycles. The molecule has 4 rings (SSSR count). The molecule has 0 saturated heterocycles. The monoisotopic (exact) mass is 382 g/mol. The zero-order valence-corrected chi connectivity index (χ0v) is 16.5. The normalized spacial score (nSPS) is 21.4. The maximum absolute atomic E-state index is 13.6. The molecular formula is C27H26O2. The number of ketones is 2. The van der Waals surface area contributed by atoms with Gasteiger partial charge in [0.25, 0.3) is 0 Å². The summed E-state index contributed by atoms with van der Waals surface area (Å²) in [6.45, 7) is 0. The molecule has 0 aliphatic heterocycles. The van der Waals surface area contributed by atoms with Crippen LogP contribution in [0.15, 0.2) is 91.0 Å². The molecule has 3 aromatic carbocycles. The van der Waals surface area contributed by atoms with E-state index in [9.17, 15) is 9.59 Å². The van der Waals surface area contributed by atoms with Crippen LogP contribution in [0.1, 0.15) is 57.9 Å². The van der Waals surface area contributed by atoms with Crippen molar-refractivity contribution in [1.82, 2.24) is 0 Å². The van der Waals surface area contributed by atoms with E-state index in [0.717, 1.165) is 30.4 Å². The highest BCUT2D eigenvalue weighted by atomic mass is 16.1. The van der Waals surface area contributed by atoms with Gasteiger partial charge in [-0.15, -0.1) is 0 Å². The third-order valence-corrected chi connectivity index (χ3v) is 6.16. The zero-order chi connectivity index (χ0) is 20.1. The summed E-state index contributed by atoms with van der Waals surface area (Å²) < 4.78 is 0. The van der Waals surface area contributed by atoms with E-state index in [2.05, 4.69) is 12.1 Å². The van der Waals surface area contributed by atoms with E-state index in [0.29, 0.717) is 6.42 Å². The lowest BCUT2D eigenvalue weighted by Crippen LogP contribution is -2.35. The molecule has 0 unspecified atom stereocenters. The minimum Gasteiger partial charge on any atom is -0.294 e. The molecule has 2 heteroatoms. The van der Waals surface area contributed by atoms with E-state index in [1.807, 2.05) is 78.9 Å². The summed E-state index contributed by atoms with van der Waals surface area (Å²) in [6.07, 6.45) is 3.38. The van der Waals surface area contributed by atoms with Gasteiger partial charge in [0, 0.05) is 23.5 Å². The van der Waals surface area contributed by atoms with Crippen LogP contribution in [0.25, 0.3) is 0 Å². The lowest BCUT2D eigenvalue weighted by Gasteiger charge is -2.37. The predicted molar refractivity (Wildman–Crippen MR) is 116 cm³/mol. The standard InChI is InChI=1S/C27H26O2/c28-25(21-13-6-2-7-14-21)19-23-17-10-18-24(20-11-4-1-5-12-20)26(23)27(29)22-15-8-3-9-16-22/h1-9,11-16,23-24,26H,10,17-19H2/t23-,24+,26-/m0/s1. The van der Waals surface area contributed by atoms with Gasteiger partial charge in [-0.25, -0.2) is 0 Å². The number of carbonyl (C=O) groups is 2. The molecule has 0 radical (unpaired) electrons. The molecule has 0 N–H and O–H groups in total. The van der Waals surface area contributed by atoms with E-state index in [4.69, 9.17) is 0 Å². The molecular weight excluding hydrogens is 356 g/mol. The third-order valence-electron chi connectivity index (χ3n) is 6.16. The van der Waals surface area contributed by atoms with Crippen molar-refractivity contribution in [3.05, 3.63) is 108 Å². The second-order valence-corrected chi connectivity index (χ2v) is 7.96. The maximum Gasteiger partial charge on any atom is 0.166 e. The first kappa shape index (κ1) is 19.3. The molecule has 0 amide bonds. The van der Waals surface area contributed by atoms with Crippen molar-refractivity contribution < 1.29 is 9.59 Å². The van der Waals surface area contributed by atoms with Crippen LogP contribution in [0.4, 0.5) is 0 Å². The van der Waals surface area contributed by atoms with Crippen LogP contribution >= 0.6 is 0 Å². The summed E-state index contributed by atoms with van der Waals surface area (Å²) in [4.78, 5) is 26.6. The third kappa shape index (κ3) is 4.37. The second-order valence-electron chi connectivity index (χ2n) is 7.96. The molecule has 1 saturated carbocycles. The lowest BCUT2D eigenvalue weighted by atomic mass is 9.65. The molecule has 0 spiro atoms. The van der Waals surface area contributed by atoms with Crippen molar-refractivity contribution in [3.8, 4) is 0 Å². The zero-order valence-electron chi connectivity index (χ0n) is 16.5. The largest absolute Gasteiger partial charge is 0.294 e. The van der Waals surface area contributed by atoms with Gasteiger partial charge in [0.1, 0.15) is 0 Å². The highest BCUT2D eigenvalue weighted by Crippen LogP contribution is 2.44. The molecule has 3 aromatic rings. The highest BCUT2D eigenvalue weighted by Gasteiger charge is 2.40. The highest BCUT2D eigenvalue weighted by molar-refractivity contribution is 6.00. The van der Waals surface area contributed by atoms with Crippen LogP contribution in [0.3, 0.4) is 0 Å². The number of hydrogen-bond donors (Lipinski definition) is 0. The van der Waals surface area contributed by atoms with Crippen molar-refractivity contribution in [2.45, 2.75) is 31.6 Å². The van der Waals surface area contributed by atoms with Crippen molar-refractivity contribution >= 4 is 11.6 Å². The summed E-state index contributed by atoms with van der Waals surface area (Å²) in [7, 11) is 0. The fraction of sp³-hybridized carbons (Fsp3) is 0.259. The topological polar surface area (TPSA) is 34.1 Å². The number of rotatable bonds is 6. The van der Waals surface area contributed by atoms with Crippen LogP contribution in [0.2, 0.25) is 0 Å². The Morgan fingerprint density at radius 2 is 1.24 bits per heavy atom. The van der Waals surface area contributed by atoms with E-state index < -0.39 is 0 Å². The first-order valence-corrected chi connectivity index (χ1v) is 10.5. The molecule has 1 fully saturated rings. The Morgan fingerprint density at radius 1 is 0.690 bits per heavy atom. The molecule has 29 heavy (non-hydrogen) atoms. The Balaban J connectivity index is 1.66. The molecule has 3 atom stereocenters. The molecule has 146 valence electrons. The smallest absolute Gasteiger partial charge is 0.166 e. The molecule has 1 aliphatic rings. The Bertz CT molecular complexity index is 948. The van der Waals surface area contributed by atoms with Gasteiger partial charge in [0.15, 0.2) is 11.6 Å². The summed E-state index contributed by atoms with van der Waals surface area (Å²) >= 11 is 0. The SMILES string of the molecule is O=C(C[C@@H]1CCC[C@H](c2ccccc2)[C@H]1C(=O)c1ccccc1)c1ccccc1. The van der Waals surface area contributed by atoms with E-state index in [1.165, 1.54) is 5.56 Å². The summed E-state index contributed by atoms with van der Waals surface area (Å²) in [5, 5.41) is 0. The van der Waals surface area contributed by atoms with Crippen molar-refractivity contribution in [2.75, 3.05) is 0 Å². The van der Waals surface area contributed by atoms with Gasteiger partial charge in [-0.2, -0.15) is 0 Å². The average molecular weight is 383 g/mol. The summed E-state index contributed by atoms with van der Waals surface area (Å²) in [5.41, 5.74) is 2.69. The van der Waals surface area contributed by atoms with Crippen molar-refractivity contribution in [1.29, 1.82) is 0 Å². The molecule has 0 bridgehead atoms. The maximum atomic E-state index is 13.6. The summed E-state index contributed by atoms with van der Waals surface area (Å²) in [6, 6.07) is 29.3. The van der Waals surface area contributed by atoms with Crippen molar-refractivity contribution in [3.63, 3.8) is 0 Å². The molecule has 0 aromatic heterocycles. The van der Waals surface area contributed by atoms with Crippen LogP contribution in [0, 0.1) is 11.8 Å². The van der Waals surface area contributed by atoms with Crippen LogP contribution in [0.5, 0.6) is 0 Å². The fourth-order valence-corrected chi connectivity index (χ4v) is 4.76. The lowest BCUT2D eigenvalue weighted by molar-refractivity contribution is 0.0749. The Hall–Kier alpha value is -3.00. The number of Topliss-reactive ketones (excluding diaryl/α,β-unsaturated/α-hetero) is 2. The van der Waals surface area contributed by atoms with Gasteiger partial charge in [0.2, 0.25) is 0 Å². The van der Waals surface area contributed by atoms with Crippen LogP contribution < -0.4 is 0 Å². The summed E-state index contributed by atoms with van der Waals surface area (Å²) in [5.74, 6) is 0.363. The minimum absolute atomic E-state index is 0.0642. The van der Waals surface area contributed by atoms with Crippen molar-refractivity contribution in [2.24, 2.45) is 11.8 Å². The van der Waals surface area contributed by atoms with Crippen LogP contribution in [-0.2, 0) is 0 Å². The van der Waals surface area contributed by atoms with E-state index in [-0.39, 0.29) is 29.3 Å². The second kappa shape index (κ2) is 9.00. The molecule has 0 heterocycles. The fourth-order valence-electron chi connectivity index (χ4n) is 4.76. The van der Waals surface area contributed by atoms with Gasteiger partial charge < -0.3 is 0 Å².